The van der Waals surface area contributed by atoms with E-state index in [-0.39, 0.29) is 29.7 Å². The summed E-state index contributed by atoms with van der Waals surface area (Å²) in [7, 11) is 1.36. The molecule has 2 aliphatic heterocycles. The molecule has 118 valence electrons. The van der Waals surface area contributed by atoms with Crippen LogP contribution in [0.1, 0.15) is 23.2 Å². The van der Waals surface area contributed by atoms with Crippen molar-refractivity contribution in [1.29, 1.82) is 0 Å². The van der Waals surface area contributed by atoms with E-state index in [1.165, 1.54) is 19.4 Å². The Labute approximate surface area is 126 Å². The van der Waals surface area contributed by atoms with Crippen molar-refractivity contribution < 1.29 is 28.9 Å². The molecule has 0 aliphatic carbocycles. The van der Waals surface area contributed by atoms with Crippen LogP contribution in [0.15, 0.2) is 12.3 Å². The van der Waals surface area contributed by atoms with E-state index in [4.69, 9.17) is 19.3 Å². The van der Waals surface area contributed by atoms with Crippen molar-refractivity contribution in [2.45, 2.75) is 25.0 Å². The van der Waals surface area contributed by atoms with Crippen LogP contribution in [0.3, 0.4) is 0 Å². The van der Waals surface area contributed by atoms with Crippen molar-refractivity contribution in [2.24, 2.45) is 0 Å². The second-order valence-corrected chi connectivity index (χ2v) is 5.22. The van der Waals surface area contributed by atoms with Crippen LogP contribution in [0.5, 0.6) is 11.6 Å². The smallest absolute Gasteiger partial charge is 0.410 e. The number of cyclic esters (lactones) is 1. The molecule has 8 nitrogen and oxygen atoms in total. The first-order valence-electron chi connectivity index (χ1n) is 6.96. The maximum Gasteiger partial charge on any atom is 0.410 e. The van der Waals surface area contributed by atoms with Crippen LogP contribution < -0.4 is 9.47 Å². The monoisotopic (exact) mass is 308 g/mol. The second-order valence-electron chi connectivity index (χ2n) is 5.22. The molecule has 1 aromatic heterocycles. The average Bonchev–Trinajstić information content (AvgIpc) is 2.88. The molecule has 2 atom stereocenters. The molecule has 0 aromatic carbocycles. The second kappa shape index (κ2) is 5.70. The molecule has 0 saturated carbocycles. The first-order chi connectivity index (χ1) is 10.6. The van der Waals surface area contributed by atoms with E-state index in [9.17, 15) is 9.59 Å². The van der Waals surface area contributed by atoms with Gasteiger partial charge in [0.2, 0.25) is 5.88 Å². The topological polar surface area (TPSA) is 98.2 Å². The first-order valence-corrected chi connectivity index (χ1v) is 6.96. The molecule has 1 aromatic rings. The molecule has 2 saturated heterocycles. The highest BCUT2D eigenvalue weighted by atomic mass is 16.6. The maximum absolute atomic E-state index is 11.4. The van der Waals surface area contributed by atoms with Gasteiger partial charge in [0.25, 0.3) is 0 Å². The molecule has 0 spiro atoms. The van der Waals surface area contributed by atoms with E-state index in [0.29, 0.717) is 31.7 Å². The molecular formula is C14H16N2O6. The Balaban J connectivity index is 1.70. The standard InChI is InChI=1S/C14H16N2O6/c1-20-12-11(13(17)18)5-10(6-15-12)22-9-2-3-16-8(4-9)7-21-14(16)19/h5-6,8-9H,2-4,7H2,1H3,(H,17,18)/t8-,9-/m0/s1. The first kappa shape index (κ1) is 14.4. The van der Waals surface area contributed by atoms with Crippen LogP contribution in [-0.2, 0) is 4.74 Å². The Morgan fingerprint density at radius 1 is 1.55 bits per heavy atom. The van der Waals surface area contributed by atoms with Crippen molar-refractivity contribution in [2.75, 3.05) is 20.3 Å². The minimum atomic E-state index is -1.13. The highest BCUT2D eigenvalue weighted by Crippen LogP contribution is 2.28. The molecule has 22 heavy (non-hydrogen) atoms. The third-order valence-electron chi connectivity index (χ3n) is 3.85. The van der Waals surface area contributed by atoms with Crippen LogP contribution >= 0.6 is 0 Å². The minimum absolute atomic E-state index is 0.0244. The number of aromatic nitrogens is 1. The lowest BCUT2D eigenvalue weighted by molar-refractivity contribution is 0.0688. The molecule has 3 rings (SSSR count). The highest BCUT2D eigenvalue weighted by Gasteiger charge is 2.38. The van der Waals surface area contributed by atoms with E-state index in [1.807, 2.05) is 0 Å². The van der Waals surface area contributed by atoms with Crippen LogP contribution in [0.4, 0.5) is 4.79 Å². The number of carbonyl (C=O) groups excluding carboxylic acids is 1. The highest BCUT2D eigenvalue weighted by molar-refractivity contribution is 5.90. The number of piperidine rings is 1. The number of nitrogens with zero attached hydrogens (tertiary/aromatic N) is 2. The molecule has 0 unspecified atom stereocenters. The zero-order valence-electron chi connectivity index (χ0n) is 12.0. The number of hydrogen-bond donors (Lipinski definition) is 1. The van der Waals surface area contributed by atoms with E-state index < -0.39 is 5.97 Å². The van der Waals surface area contributed by atoms with Crippen molar-refractivity contribution in [3.8, 4) is 11.6 Å². The lowest BCUT2D eigenvalue weighted by Crippen LogP contribution is -2.44. The van der Waals surface area contributed by atoms with E-state index in [2.05, 4.69) is 4.98 Å². The molecule has 2 fully saturated rings. The van der Waals surface area contributed by atoms with Crippen molar-refractivity contribution in [3.05, 3.63) is 17.8 Å². The maximum atomic E-state index is 11.4. The Morgan fingerprint density at radius 3 is 3.09 bits per heavy atom. The molecule has 1 amide bonds. The zero-order chi connectivity index (χ0) is 15.7. The molecule has 3 heterocycles. The fraction of sp³-hybridized carbons (Fsp3) is 0.500. The largest absolute Gasteiger partial charge is 0.489 e. The van der Waals surface area contributed by atoms with Crippen molar-refractivity contribution >= 4 is 12.1 Å². The number of aromatic carboxylic acids is 1. The summed E-state index contributed by atoms with van der Waals surface area (Å²) in [5.41, 5.74) is -0.0446. The third-order valence-corrected chi connectivity index (χ3v) is 3.85. The molecule has 0 radical (unpaired) electrons. The van der Waals surface area contributed by atoms with Gasteiger partial charge >= 0.3 is 12.1 Å². The number of fused-ring (bicyclic) bond motifs is 1. The lowest BCUT2D eigenvalue weighted by Gasteiger charge is -2.32. The zero-order valence-corrected chi connectivity index (χ0v) is 12.0. The van der Waals surface area contributed by atoms with Gasteiger partial charge in [0, 0.05) is 25.5 Å². The van der Waals surface area contributed by atoms with Crippen LogP contribution in [-0.4, -0.2) is 59.5 Å². The number of pyridine rings is 1. The van der Waals surface area contributed by atoms with Crippen molar-refractivity contribution in [1.82, 2.24) is 9.88 Å². The number of ether oxygens (including phenoxy) is 3. The van der Waals surface area contributed by atoms with Crippen LogP contribution in [0, 0.1) is 0 Å². The molecule has 8 heteroatoms. The van der Waals surface area contributed by atoms with Gasteiger partial charge in [-0.3, -0.25) is 0 Å². The van der Waals surface area contributed by atoms with E-state index >= 15 is 0 Å². The summed E-state index contributed by atoms with van der Waals surface area (Å²) < 4.78 is 15.7. The summed E-state index contributed by atoms with van der Waals surface area (Å²) in [6.45, 7) is 0.948. The van der Waals surface area contributed by atoms with Crippen LogP contribution in [0.2, 0.25) is 0 Å². The molecule has 2 aliphatic rings. The predicted molar refractivity (Wildman–Crippen MR) is 73.2 cm³/mol. The average molecular weight is 308 g/mol. The summed E-state index contributed by atoms with van der Waals surface area (Å²) >= 11 is 0. The SMILES string of the molecule is COc1ncc(O[C@H]2CCN3C(=O)OC[C@@H]3C2)cc1C(=O)O. The summed E-state index contributed by atoms with van der Waals surface area (Å²) in [6.07, 6.45) is 2.38. The number of rotatable bonds is 4. The van der Waals surface area contributed by atoms with E-state index in [0.717, 1.165) is 0 Å². The summed E-state index contributed by atoms with van der Waals surface area (Å²) in [6, 6.07) is 1.42. The molecular weight excluding hydrogens is 292 g/mol. The van der Waals surface area contributed by atoms with E-state index in [1.54, 1.807) is 4.90 Å². The number of amides is 1. The van der Waals surface area contributed by atoms with Gasteiger partial charge in [-0.15, -0.1) is 0 Å². The third kappa shape index (κ3) is 2.63. The quantitative estimate of drug-likeness (QED) is 0.890. The fourth-order valence-corrected chi connectivity index (χ4v) is 2.78. The van der Waals surface area contributed by atoms with Gasteiger partial charge in [-0.2, -0.15) is 0 Å². The number of hydrogen-bond acceptors (Lipinski definition) is 6. The molecule has 0 bridgehead atoms. The summed E-state index contributed by atoms with van der Waals surface area (Å²) in [5, 5.41) is 9.14. The Kier molecular flexibility index (Phi) is 3.74. The lowest BCUT2D eigenvalue weighted by atomic mass is 10.0. The summed E-state index contributed by atoms with van der Waals surface area (Å²) in [5.74, 6) is -0.703. The van der Waals surface area contributed by atoms with Crippen LogP contribution in [0.25, 0.3) is 0 Å². The molecule has 1 N–H and O–H groups in total. The van der Waals surface area contributed by atoms with Gasteiger partial charge in [-0.1, -0.05) is 0 Å². The number of carboxylic acid groups (broad SMARTS) is 1. The Morgan fingerprint density at radius 2 is 2.36 bits per heavy atom. The van der Waals surface area contributed by atoms with Gasteiger partial charge in [-0.05, 0) is 0 Å². The number of carboxylic acids is 1. The number of carbonyl (C=O) groups is 2. The predicted octanol–water partition coefficient (Wildman–Crippen LogP) is 1.15. The van der Waals surface area contributed by atoms with Gasteiger partial charge in [-0.25, -0.2) is 14.6 Å². The Hall–Kier alpha value is -2.51. The minimum Gasteiger partial charge on any atom is -0.489 e. The van der Waals surface area contributed by atoms with Gasteiger partial charge in [0.1, 0.15) is 24.0 Å². The summed E-state index contributed by atoms with van der Waals surface area (Å²) in [4.78, 5) is 28.3. The van der Waals surface area contributed by atoms with Gasteiger partial charge in [0.15, 0.2) is 0 Å². The van der Waals surface area contributed by atoms with Gasteiger partial charge < -0.3 is 24.2 Å². The fourth-order valence-electron chi connectivity index (χ4n) is 2.78. The van der Waals surface area contributed by atoms with Gasteiger partial charge in [0.05, 0.1) is 19.3 Å². The van der Waals surface area contributed by atoms with Crippen molar-refractivity contribution in [3.63, 3.8) is 0 Å². The number of methoxy groups -OCH3 is 1. The normalized spacial score (nSPS) is 23.7. The Bertz CT molecular complexity index is 605.